The normalized spacial score (nSPS) is 31.1. The van der Waals surface area contributed by atoms with Crippen LogP contribution in [0.2, 0.25) is 0 Å². The van der Waals surface area contributed by atoms with Crippen LogP contribution in [0.4, 0.5) is 0 Å². The van der Waals surface area contributed by atoms with Gasteiger partial charge in [-0.2, -0.15) is 5.26 Å². The van der Waals surface area contributed by atoms with E-state index >= 15 is 0 Å². The van der Waals surface area contributed by atoms with E-state index in [1.807, 2.05) is 11.9 Å². The topological polar surface area (TPSA) is 39.1 Å². The molecule has 4 heteroatoms. The molecule has 0 radical (unpaired) electrons. The van der Waals surface area contributed by atoms with E-state index in [2.05, 4.69) is 11.4 Å². The van der Waals surface area contributed by atoms with Gasteiger partial charge in [-0.1, -0.05) is 6.42 Å². The van der Waals surface area contributed by atoms with Gasteiger partial charge in [-0.3, -0.25) is 0 Å². The van der Waals surface area contributed by atoms with Crippen LogP contribution in [-0.4, -0.2) is 29.6 Å². The number of nitrogens with one attached hydrogen (secondary N) is 1. The van der Waals surface area contributed by atoms with E-state index in [9.17, 15) is 0 Å². The number of nitriles is 1. The summed E-state index contributed by atoms with van der Waals surface area (Å²) in [5.41, 5.74) is 0. The Hall–Kier alpha value is -0.820. The van der Waals surface area contributed by atoms with Gasteiger partial charge in [-0.05, 0) is 43.3 Å². The summed E-state index contributed by atoms with van der Waals surface area (Å²) in [6, 6.07) is 2.74. The molecule has 0 aromatic heterocycles. The molecule has 2 fully saturated rings. The molecule has 0 spiro atoms. The Bertz CT molecular complexity index is 310. The summed E-state index contributed by atoms with van der Waals surface area (Å²) >= 11 is 5.35. The molecule has 0 amide bonds. The summed E-state index contributed by atoms with van der Waals surface area (Å²) in [5.74, 6) is 1.78. The molecule has 2 rings (SSSR count). The first kappa shape index (κ1) is 11.7. The average Bonchev–Trinajstić information content (AvgIpc) is 2.87. The van der Waals surface area contributed by atoms with Crippen LogP contribution in [-0.2, 0) is 0 Å². The zero-order chi connectivity index (χ0) is 11.5. The zero-order valence-electron chi connectivity index (χ0n) is 9.78. The summed E-state index contributed by atoms with van der Waals surface area (Å²) in [4.78, 5) is 1.98. The van der Waals surface area contributed by atoms with Crippen molar-refractivity contribution >= 4 is 17.3 Å². The van der Waals surface area contributed by atoms with Crippen LogP contribution in [0.5, 0.6) is 0 Å². The Kier molecular flexibility index (Phi) is 3.65. The average molecular weight is 237 g/mol. The molecule has 0 saturated heterocycles. The first-order chi connectivity index (χ1) is 7.70. The highest BCUT2D eigenvalue weighted by Gasteiger charge is 2.39. The highest BCUT2D eigenvalue weighted by atomic mass is 32.1. The molecule has 0 aromatic rings. The molecule has 2 saturated carbocycles. The maximum absolute atomic E-state index is 8.53. The van der Waals surface area contributed by atoms with Gasteiger partial charge in [-0.15, -0.1) is 0 Å². The van der Waals surface area contributed by atoms with Crippen molar-refractivity contribution in [1.82, 2.24) is 10.2 Å². The lowest BCUT2D eigenvalue weighted by molar-refractivity contribution is 0.375. The van der Waals surface area contributed by atoms with Crippen LogP contribution < -0.4 is 5.32 Å². The van der Waals surface area contributed by atoms with Crippen molar-refractivity contribution in [3.8, 4) is 6.07 Å². The minimum Gasteiger partial charge on any atom is -0.360 e. The number of thiocarbonyl (C=S) groups is 1. The van der Waals surface area contributed by atoms with E-state index in [0.717, 1.165) is 23.5 Å². The second-order valence-corrected chi connectivity index (χ2v) is 5.45. The molecular formula is C12H19N3S. The third-order valence-corrected chi connectivity index (χ3v) is 4.38. The molecule has 1 N–H and O–H groups in total. The van der Waals surface area contributed by atoms with E-state index in [4.69, 9.17) is 17.5 Å². The number of nitrogens with zero attached hydrogens (tertiary/aromatic N) is 2. The quantitative estimate of drug-likeness (QED) is 0.761. The van der Waals surface area contributed by atoms with E-state index in [-0.39, 0.29) is 0 Å². The first-order valence-corrected chi connectivity index (χ1v) is 6.50. The van der Waals surface area contributed by atoms with Gasteiger partial charge < -0.3 is 10.2 Å². The fourth-order valence-corrected chi connectivity index (χ4v) is 3.25. The van der Waals surface area contributed by atoms with Crippen molar-refractivity contribution in [1.29, 1.82) is 5.26 Å². The largest absolute Gasteiger partial charge is 0.360 e. The molecule has 2 bridgehead atoms. The van der Waals surface area contributed by atoms with Gasteiger partial charge in [0.15, 0.2) is 5.11 Å². The minimum atomic E-state index is 0.537. The highest BCUT2D eigenvalue weighted by Crippen LogP contribution is 2.44. The van der Waals surface area contributed by atoms with Gasteiger partial charge in [0.05, 0.1) is 12.5 Å². The molecule has 2 aliphatic rings. The monoisotopic (exact) mass is 237 g/mol. The molecule has 0 aliphatic heterocycles. The lowest BCUT2D eigenvalue weighted by Gasteiger charge is -2.28. The Morgan fingerprint density at radius 3 is 2.88 bits per heavy atom. The van der Waals surface area contributed by atoms with Crippen molar-refractivity contribution in [3.05, 3.63) is 0 Å². The van der Waals surface area contributed by atoms with Gasteiger partial charge in [0, 0.05) is 19.6 Å². The molecule has 0 aromatic carbocycles. The second kappa shape index (κ2) is 5.01. The van der Waals surface area contributed by atoms with E-state index in [0.29, 0.717) is 12.5 Å². The summed E-state index contributed by atoms with van der Waals surface area (Å²) < 4.78 is 0. The number of hydrogen-bond donors (Lipinski definition) is 1. The van der Waals surface area contributed by atoms with Crippen LogP contribution in [0.1, 0.15) is 32.1 Å². The van der Waals surface area contributed by atoms with Crippen molar-refractivity contribution in [3.63, 3.8) is 0 Å². The highest BCUT2D eigenvalue weighted by molar-refractivity contribution is 7.80. The molecule has 16 heavy (non-hydrogen) atoms. The Labute approximate surface area is 103 Å². The Morgan fingerprint density at radius 2 is 2.31 bits per heavy atom. The van der Waals surface area contributed by atoms with E-state index in [1.165, 1.54) is 25.7 Å². The standard InChI is InChI=1S/C12H19N3S/c1-15(6-2-5-13)12(16)14-11-8-9-3-4-10(11)7-9/h9-11H,2-4,6-8H2,1H3,(H,14,16)/t9-,10-,11+/m0/s1. The summed E-state index contributed by atoms with van der Waals surface area (Å²) in [5, 5.41) is 12.8. The minimum absolute atomic E-state index is 0.537. The lowest BCUT2D eigenvalue weighted by atomic mass is 9.95. The molecule has 0 heterocycles. The van der Waals surface area contributed by atoms with Gasteiger partial charge in [0.1, 0.15) is 0 Å². The van der Waals surface area contributed by atoms with Crippen LogP contribution in [0, 0.1) is 23.2 Å². The van der Waals surface area contributed by atoms with Crippen molar-refractivity contribution in [2.24, 2.45) is 11.8 Å². The van der Waals surface area contributed by atoms with Gasteiger partial charge >= 0.3 is 0 Å². The fourth-order valence-electron chi connectivity index (χ4n) is 3.01. The molecule has 88 valence electrons. The number of fused-ring (bicyclic) bond motifs is 2. The predicted molar refractivity (Wildman–Crippen MR) is 67.8 cm³/mol. The van der Waals surface area contributed by atoms with Crippen LogP contribution in [0.3, 0.4) is 0 Å². The van der Waals surface area contributed by atoms with Crippen LogP contribution in [0.25, 0.3) is 0 Å². The number of hydrogen-bond acceptors (Lipinski definition) is 2. The van der Waals surface area contributed by atoms with Crippen molar-refractivity contribution in [2.45, 2.75) is 38.1 Å². The summed E-state index contributed by atoms with van der Waals surface area (Å²) in [7, 11) is 1.96. The fraction of sp³-hybridized carbons (Fsp3) is 0.833. The molecule has 3 atom stereocenters. The third-order valence-electron chi connectivity index (χ3n) is 3.95. The number of rotatable bonds is 3. The van der Waals surface area contributed by atoms with Crippen molar-refractivity contribution < 1.29 is 0 Å². The SMILES string of the molecule is CN(CCC#N)C(=S)N[C@@H]1C[C@H]2CC[C@H]1C2. The molecule has 0 unspecified atom stereocenters. The first-order valence-electron chi connectivity index (χ1n) is 6.09. The zero-order valence-corrected chi connectivity index (χ0v) is 10.6. The molecule has 2 aliphatic carbocycles. The third kappa shape index (κ3) is 2.46. The predicted octanol–water partition coefficient (Wildman–Crippen LogP) is 1.89. The second-order valence-electron chi connectivity index (χ2n) is 5.06. The maximum Gasteiger partial charge on any atom is 0.168 e. The van der Waals surface area contributed by atoms with Crippen LogP contribution >= 0.6 is 12.2 Å². The van der Waals surface area contributed by atoms with Gasteiger partial charge in [0.2, 0.25) is 0 Å². The summed E-state index contributed by atoms with van der Waals surface area (Å²) in [6.07, 6.45) is 6.00. The van der Waals surface area contributed by atoms with Crippen LogP contribution in [0.15, 0.2) is 0 Å². The maximum atomic E-state index is 8.53. The molecule has 3 nitrogen and oxygen atoms in total. The van der Waals surface area contributed by atoms with Gasteiger partial charge in [-0.25, -0.2) is 0 Å². The lowest BCUT2D eigenvalue weighted by Crippen LogP contribution is -2.45. The molecular weight excluding hydrogens is 218 g/mol. The smallest absolute Gasteiger partial charge is 0.168 e. The van der Waals surface area contributed by atoms with Crippen molar-refractivity contribution in [2.75, 3.05) is 13.6 Å². The van der Waals surface area contributed by atoms with E-state index in [1.54, 1.807) is 0 Å². The Morgan fingerprint density at radius 1 is 1.50 bits per heavy atom. The Balaban J connectivity index is 1.77. The van der Waals surface area contributed by atoms with E-state index < -0.39 is 0 Å². The summed E-state index contributed by atoms with van der Waals surface area (Å²) in [6.45, 7) is 0.725. The van der Waals surface area contributed by atoms with Gasteiger partial charge in [0.25, 0.3) is 0 Å².